The van der Waals surface area contributed by atoms with E-state index in [9.17, 15) is 5.11 Å². The summed E-state index contributed by atoms with van der Waals surface area (Å²) >= 11 is 0. The molecule has 1 atom stereocenters. The van der Waals surface area contributed by atoms with Gasteiger partial charge >= 0.3 is 0 Å². The van der Waals surface area contributed by atoms with E-state index in [-0.39, 0.29) is 12.0 Å². The fourth-order valence-electron chi connectivity index (χ4n) is 2.42. The number of rotatable bonds is 7. The second-order valence-corrected chi connectivity index (χ2v) is 6.41. The first-order chi connectivity index (χ1) is 8.84. The van der Waals surface area contributed by atoms with Crippen LogP contribution in [0.3, 0.4) is 0 Å². The largest absolute Gasteiger partial charge is 0.392 e. The number of aliphatic hydroxyl groups is 1. The molecule has 0 aromatic heterocycles. The Labute approximate surface area is 117 Å². The first-order valence-electron chi connectivity index (χ1n) is 6.92. The fourth-order valence-corrected chi connectivity index (χ4v) is 2.42. The number of nitrogens with one attached hydrogen (secondary N) is 1. The van der Waals surface area contributed by atoms with Gasteiger partial charge in [-0.3, -0.25) is 0 Å². The molecule has 3 heteroatoms. The van der Waals surface area contributed by atoms with E-state index in [1.165, 1.54) is 5.56 Å². The highest BCUT2D eigenvalue weighted by molar-refractivity contribution is 5.25. The normalized spacial score (nSPS) is 13.8. The standard InChI is InChI=1S/C16H28N2O/c1-13(15-8-6-7-14(9-15)10-19)17-11-16(2,3)12-18(4)5/h6-9,13,17,19H,10-12H2,1-5H3. The van der Waals surface area contributed by atoms with Crippen LogP contribution < -0.4 is 5.32 Å². The molecule has 0 amide bonds. The molecule has 1 rings (SSSR count). The lowest BCUT2D eigenvalue weighted by Gasteiger charge is -2.30. The fraction of sp³-hybridized carbons (Fsp3) is 0.625. The molecule has 19 heavy (non-hydrogen) atoms. The molecule has 0 bridgehead atoms. The van der Waals surface area contributed by atoms with Gasteiger partial charge in [-0.2, -0.15) is 0 Å². The van der Waals surface area contributed by atoms with E-state index >= 15 is 0 Å². The van der Waals surface area contributed by atoms with Crippen LogP contribution in [0.2, 0.25) is 0 Å². The van der Waals surface area contributed by atoms with Gasteiger partial charge in [-0.1, -0.05) is 38.1 Å². The molecule has 0 aliphatic heterocycles. The molecule has 0 spiro atoms. The molecule has 0 heterocycles. The van der Waals surface area contributed by atoms with Crippen molar-refractivity contribution in [3.63, 3.8) is 0 Å². The third-order valence-electron chi connectivity index (χ3n) is 3.26. The predicted octanol–water partition coefficient (Wildman–Crippen LogP) is 2.42. The van der Waals surface area contributed by atoms with Gasteiger partial charge in [-0.05, 0) is 37.6 Å². The van der Waals surface area contributed by atoms with E-state index in [0.717, 1.165) is 18.7 Å². The topological polar surface area (TPSA) is 35.5 Å². The third kappa shape index (κ3) is 5.72. The van der Waals surface area contributed by atoms with Crippen molar-refractivity contribution in [1.82, 2.24) is 10.2 Å². The molecule has 0 fully saturated rings. The molecule has 2 N–H and O–H groups in total. The summed E-state index contributed by atoms with van der Waals surface area (Å²) in [5.74, 6) is 0. The number of aliphatic hydroxyl groups excluding tert-OH is 1. The molecule has 0 aliphatic carbocycles. The van der Waals surface area contributed by atoms with Gasteiger partial charge in [0.1, 0.15) is 0 Å². The average molecular weight is 264 g/mol. The summed E-state index contributed by atoms with van der Waals surface area (Å²) in [7, 11) is 4.21. The van der Waals surface area contributed by atoms with Gasteiger partial charge in [0.15, 0.2) is 0 Å². The van der Waals surface area contributed by atoms with Crippen molar-refractivity contribution in [2.24, 2.45) is 5.41 Å². The highest BCUT2D eigenvalue weighted by atomic mass is 16.3. The van der Waals surface area contributed by atoms with E-state index in [0.29, 0.717) is 6.04 Å². The van der Waals surface area contributed by atoms with Crippen molar-refractivity contribution in [2.45, 2.75) is 33.4 Å². The number of nitrogens with zero attached hydrogens (tertiary/aromatic N) is 1. The van der Waals surface area contributed by atoms with Gasteiger partial charge in [-0.25, -0.2) is 0 Å². The summed E-state index contributed by atoms with van der Waals surface area (Å²) in [5.41, 5.74) is 2.44. The van der Waals surface area contributed by atoms with Crippen LogP contribution in [0, 0.1) is 5.41 Å². The molecule has 0 aliphatic rings. The lowest BCUT2D eigenvalue weighted by Crippen LogP contribution is -2.38. The van der Waals surface area contributed by atoms with Crippen molar-refractivity contribution in [3.8, 4) is 0 Å². The van der Waals surface area contributed by atoms with E-state index in [1.54, 1.807) is 0 Å². The molecule has 0 radical (unpaired) electrons. The Bertz CT molecular complexity index is 388. The van der Waals surface area contributed by atoms with Crippen LogP contribution in [0.5, 0.6) is 0 Å². The maximum absolute atomic E-state index is 9.18. The smallest absolute Gasteiger partial charge is 0.0681 e. The highest BCUT2D eigenvalue weighted by Gasteiger charge is 2.19. The molecular weight excluding hydrogens is 236 g/mol. The zero-order valence-electron chi connectivity index (χ0n) is 12.9. The van der Waals surface area contributed by atoms with E-state index in [1.807, 2.05) is 12.1 Å². The van der Waals surface area contributed by atoms with Crippen molar-refractivity contribution in [2.75, 3.05) is 27.2 Å². The summed E-state index contributed by atoms with van der Waals surface area (Å²) in [5, 5.41) is 12.8. The molecule has 0 saturated heterocycles. The molecule has 108 valence electrons. The van der Waals surface area contributed by atoms with Gasteiger partial charge in [0.25, 0.3) is 0 Å². The molecule has 1 aromatic carbocycles. The summed E-state index contributed by atoms with van der Waals surface area (Å²) < 4.78 is 0. The highest BCUT2D eigenvalue weighted by Crippen LogP contribution is 2.19. The lowest BCUT2D eigenvalue weighted by molar-refractivity contribution is 0.227. The molecule has 1 unspecified atom stereocenters. The van der Waals surface area contributed by atoms with Crippen LogP contribution in [-0.2, 0) is 6.61 Å². The Hall–Kier alpha value is -0.900. The predicted molar refractivity (Wildman–Crippen MR) is 81.1 cm³/mol. The molecule has 3 nitrogen and oxygen atoms in total. The summed E-state index contributed by atoms with van der Waals surface area (Å²) in [4.78, 5) is 2.22. The Morgan fingerprint density at radius 1 is 1.32 bits per heavy atom. The minimum Gasteiger partial charge on any atom is -0.392 e. The Morgan fingerprint density at radius 3 is 2.58 bits per heavy atom. The Morgan fingerprint density at radius 2 is 2.00 bits per heavy atom. The van der Waals surface area contributed by atoms with Gasteiger partial charge < -0.3 is 15.3 Å². The molecular formula is C16H28N2O. The summed E-state index contributed by atoms with van der Waals surface area (Å²) in [6.07, 6.45) is 0. The summed E-state index contributed by atoms with van der Waals surface area (Å²) in [6, 6.07) is 8.43. The quantitative estimate of drug-likeness (QED) is 0.794. The van der Waals surface area contributed by atoms with Gasteiger partial charge in [0.05, 0.1) is 6.61 Å². The molecule has 1 aromatic rings. The average Bonchev–Trinajstić information content (AvgIpc) is 2.34. The van der Waals surface area contributed by atoms with Gasteiger partial charge in [-0.15, -0.1) is 0 Å². The number of hydrogen-bond acceptors (Lipinski definition) is 3. The number of hydrogen-bond donors (Lipinski definition) is 2. The van der Waals surface area contributed by atoms with E-state index < -0.39 is 0 Å². The third-order valence-corrected chi connectivity index (χ3v) is 3.26. The van der Waals surface area contributed by atoms with Crippen molar-refractivity contribution in [1.29, 1.82) is 0 Å². The summed E-state index contributed by atoms with van der Waals surface area (Å²) in [6.45, 7) is 8.85. The first-order valence-corrected chi connectivity index (χ1v) is 6.92. The van der Waals surface area contributed by atoms with Gasteiger partial charge in [0, 0.05) is 19.1 Å². The second kappa shape index (κ2) is 7.04. The SMILES string of the molecule is CC(NCC(C)(C)CN(C)C)c1cccc(CO)c1. The van der Waals surface area contributed by atoms with Crippen LogP contribution in [-0.4, -0.2) is 37.2 Å². The van der Waals surface area contributed by atoms with Crippen LogP contribution in [0.15, 0.2) is 24.3 Å². The van der Waals surface area contributed by atoms with E-state index in [2.05, 4.69) is 57.2 Å². The minimum atomic E-state index is 0.104. The van der Waals surface area contributed by atoms with Crippen molar-refractivity contribution < 1.29 is 5.11 Å². The monoisotopic (exact) mass is 264 g/mol. The van der Waals surface area contributed by atoms with Gasteiger partial charge in [0.2, 0.25) is 0 Å². The maximum Gasteiger partial charge on any atom is 0.0681 e. The number of benzene rings is 1. The van der Waals surface area contributed by atoms with E-state index in [4.69, 9.17) is 0 Å². The zero-order chi connectivity index (χ0) is 14.5. The molecule has 0 saturated carbocycles. The van der Waals surface area contributed by atoms with Crippen LogP contribution in [0.4, 0.5) is 0 Å². The lowest BCUT2D eigenvalue weighted by atomic mass is 9.92. The van der Waals surface area contributed by atoms with Crippen LogP contribution in [0.1, 0.15) is 37.9 Å². The first kappa shape index (κ1) is 16.2. The minimum absolute atomic E-state index is 0.104. The Balaban J connectivity index is 2.57. The maximum atomic E-state index is 9.18. The van der Waals surface area contributed by atoms with Crippen molar-refractivity contribution >= 4 is 0 Å². The van der Waals surface area contributed by atoms with Crippen LogP contribution >= 0.6 is 0 Å². The second-order valence-electron chi connectivity index (χ2n) is 6.41. The zero-order valence-corrected chi connectivity index (χ0v) is 12.9. The van der Waals surface area contributed by atoms with Crippen molar-refractivity contribution in [3.05, 3.63) is 35.4 Å². The van der Waals surface area contributed by atoms with Crippen LogP contribution in [0.25, 0.3) is 0 Å². The Kier molecular flexibility index (Phi) is 5.98.